The summed E-state index contributed by atoms with van der Waals surface area (Å²) < 4.78 is 0. The maximum Gasteiger partial charge on any atom is 0.220 e. The monoisotopic (exact) mass is 227 g/mol. The van der Waals surface area contributed by atoms with Gasteiger partial charge in [0.15, 0.2) is 0 Å². The van der Waals surface area contributed by atoms with Crippen LogP contribution in [-0.4, -0.2) is 23.0 Å². The van der Waals surface area contributed by atoms with E-state index >= 15 is 0 Å². The fourth-order valence-corrected chi connectivity index (χ4v) is 2.22. The van der Waals surface area contributed by atoms with E-state index in [1.54, 1.807) is 0 Å². The summed E-state index contributed by atoms with van der Waals surface area (Å²) in [7, 11) is 0. The Morgan fingerprint density at radius 1 is 1.56 bits per heavy atom. The average Bonchev–Trinajstić information content (AvgIpc) is 2.69. The van der Waals surface area contributed by atoms with Crippen LogP contribution < -0.4 is 11.1 Å². The van der Waals surface area contributed by atoms with Gasteiger partial charge in [0.25, 0.3) is 0 Å². The number of nitrogens with two attached hydrogens (primary N) is 1. The highest BCUT2D eigenvalue weighted by Crippen LogP contribution is 2.27. The molecule has 0 aromatic rings. The van der Waals surface area contributed by atoms with Crippen molar-refractivity contribution in [3.63, 3.8) is 0 Å². The van der Waals surface area contributed by atoms with E-state index in [2.05, 4.69) is 10.5 Å². The quantitative estimate of drug-likeness (QED) is 0.285. The molecule has 4 N–H and O–H groups in total. The van der Waals surface area contributed by atoms with Crippen molar-refractivity contribution in [1.82, 2.24) is 5.32 Å². The van der Waals surface area contributed by atoms with Crippen molar-refractivity contribution in [2.24, 2.45) is 16.8 Å². The van der Waals surface area contributed by atoms with E-state index < -0.39 is 0 Å². The number of hydrogen-bond donors (Lipinski definition) is 3. The van der Waals surface area contributed by atoms with Gasteiger partial charge in [0.1, 0.15) is 5.84 Å². The van der Waals surface area contributed by atoms with Crippen molar-refractivity contribution in [1.29, 1.82) is 0 Å². The summed E-state index contributed by atoms with van der Waals surface area (Å²) in [6, 6.07) is -0.0789. The Morgan fingerprint density at radius 2 is 2.19 bits per heavy atom. The third kappa shape index (κ3) is 4.51. The molecule has 92 valence electrons. The van der Waals surface area contributed by atoms with Crippen LogP contribution >= 0.6 is 0 Å². The molecule has 1 rings (SSSR count). The van der Waals surface area contributed by atoms with Crippen molar-refractivity contribution in [3.05, 3.63) is 0 Å². The lowest BCUT2D eigenvalue weighted by atomic mass is 10.0. The maximum absolute atomic E-state index is 11.6. The van der Waals surface area contributed by atoms with Gasteiger partial charge >= 0.3 is 0 Å². The first-order valence-electron chi connectivity index (χ1n) is 5.87. The van der Waals surface area contributed by atoms with Gasteiger partial charge in [-0.3, -0.25) is 4.79 Å². The van der Waals surface area contributed by atoms with E-state index in [9.17, 15) is 4.79 Å². The van der Waals surface area contributed by atoms with E-state index in [0.717, 1.165) is 0 Å². The lowest BCUT2D eigenvalue weighted by Crippen LogP contribution is -2.36. The molecule has 1 fully saturated rings. The molecule has 0 aliphatic heterocycles. The van der Waals surface area contributed by atoms with Gasteiger partial charge in [-0.05, 0) is 25.7 Å². The molecule has 5 heteroatoms. The standard InChI is InChI=1S/C11H21N3O2/c1-8(6-10(12)14-16)13-11(15)7-9-4-2-3-5-9/h8-9,16H,2-7H2,1H3,(H2,12,14)(H,13,15). The second kappa shape index (κ2) is 6.35. The van der Waals surface area contributed by atoms with Gasteiger partial charge in [0.2, 0.25) is 5.91 Å². The molecule has 16 heavy (non-hydrogen) atoms. The minimum absolute atomic E-state index is 0.0742. The van der Waals surface area contributed by atoms with Crippen LogP contribution in [0.1, 0.15) is 45.4 Å². The van der Waals surface area contributed by atoms with Crippen LogP contribution in [0.25, 0.3) is 0 Å². The Bertz CT molecular complexity index is 260. The van der Waals surface area contributed by atoms with Crippen LogP contribution in [0.3, 0.4) is 0 Å². The molecule has 5 nitrogen and oxygen atoms in total. The van der Waals surface area contributed by atoms with Crippen LogP contribution in [0.2, 0.25) is 0 Å². The second-order valence-corrected chi connectivity index (χ2v) is 4.62. The molecule has 0 aromatic carbocycles. The molecular weight excluding hydrogens is 206 g/mol. The van der Waals surface area contributed by atoms with Crippen molar-refractivity contribution in [2.75, 3.05) is 0 Å². The van der Waals surface area contributed by atoms with Gasteiger partial charge < -0.3 is 16.3 Å². The topological polar surface area (TPSA) is 87.7 Å². The van der Waals surface area contributed by atoms with Gasteiger partial charge in [-0.2, -0.15) is 0 Å². The molecule has 0 heterocycles. The predicted octanol–water partition coefficient (Wildman–Crippen LogP) is 1.21. The molecule has 1 atom stereocenters. The molecule has 1 unspecified atom stereocenters. The fraction of sp³-hybridized carbons (Fsp3) is 0.818. The Balaban J connectivity index is 2.22. The number of amides is 1. The largest absolute Gasteiger partial charge is 0.409 e. The third-order valence-electron chi connectivity index (χ3n) is 3.00. The molecule has 1 aliphatic carbocycles. The van der Waals surface area contributed by atoms with E-state index in [0.29, 0.717) is 18.8 Å². The number of carbonyl (C=O) groups excluding carboxylic acids is 1. The zero-order valence-electron chi connectivity index (χ0n) is 9.78. The minimum Gasteiger partial charge on any atom is -0.409 e. The molecule has 0 saturated heterocycles. The Kier molecular flexibility index (Phi) is 5.08. The predicted molar refractivity (Wildman–Crippen MR) is 62.2 cm³/mol. The van der Waals surface area contributed by atoms with Crippen LogP contribution in [0.15, 0.2) is 5.16 Å². The zero-order valence-corrected chi connectivity index (χ0v) is 9.78. The summed E-state index contributed by atoms with van der Waals surface area (Å²) in [5.74, 6) is 0.773. The first-order chi connectivity index (χ1) is 7.61. The number of rotatable bonds is 5. The van der Waals surface area contributed by atoms with Crippen LogP contribution in [0.5, 0.6) is 0 Å². The van der Waals surface area contributed by atoms with Gasteiger partial charge in [0, 0.05) is 18.9 Å². The maximum atomic E-state index is 11.6. The van der Waals surface area contributed by atoms with Crippen LogP contribution in [0, 0.1) is 5.92 Å². The number of oxime groups is 1. The van der Waals surface area contributed by atoms with Crippen LogP contribution in [-0.2, 0) is 4.79 Å². The highest BCUT2D eigenvalue weighted by Gasteiger charge is 2.19. The summed E-state index contributed by atoms with van der Waals surface area (Å²) in [6.07, 6.45) is 5.83. The van der Waals surface area contributed by atoms with Gasteiger partial charge in [-0.15, -0.1) is 0 Å². The van der Waals surface area contributed by atoms with Gasteiger partial charge in [-0.1, -0.05) is 18.0 Å². The molecule has 0 spiro atoms. The smallest absolute Gasteiger partial charge is 0.220 e. The normalized spacial score (nSPS) is 19.7. The molecule has 1 saturated carbocycles. The highest BCUT2D eigenvalue weighted by atomic mass is 16.4. The van der Waals surface area contributed by atoms with E-state index in [1.807, 2.05) is 6.92 Å². The van der Waals surface area contributed by atoms with Crippen LogP contribution in [0.4, 0.5) is 0 Å². The summed E-state index contributed by atoms with van der Waals surface area (Å²) in [5.41, 5.74) is 5.36. The summed E-state index contributed by atoms with van der Waals surface area (Å²) in [6.45, 7) is 1.85. The number of hydrogen-bond acceptors (Lipinski definition) is 3. The van der Waals surface area contributed by atoms with E-state index in [-0.39, 0.29) is 17.8 Å². The molecule has 1 amide bonds. The number of nitrogens with one attached hydrogen (secondary N) is 1. The second-order valence-electron chi connectivity index (χ2n) is 4.62. The Morgan fingerprint density at radius 3 is 2.75 bits per heavy atom. The lowest BCUT2D eigenvalue weighted by Gasteiger charge is -2.14. The zero-order chi connectivity index (χ0) is 12.0. The van der Waals surface area contributed by atoms with E-state index in [4.69, 9.17) is 10.9 Å². The van der Waals surface area contributed by atoms with Crippen molar-refractivity contribution >= 4 is 11.7 Å². The van der Waals surface area contributed by atoms with Gasteiger partial charge in [-0.25, -0.2) is 0 Å². The van der Waals surface area contributed by atoms with E-state index in [1.165, 1.54) is 25.7 Å². The van der Waals surface area contributed by atoms with Crippen molar-refractivity contribution in [2.45, 2.75) is 51.5 Å². The highest BCUT2D eigenvalue weighted by molar-refractivity contribution is 5.81. The van der Waals surface area contributed by atoms with Crippen molar-refractivity contribution < 1.29 is 10.0 Å². The summed E-state index contributed by atoms with van der Waals surface area (Å²) in [5, 5.41) is 14.1. The molecule has 0 radical (unpaired) electrons. The summed E-state index contributed by atoms with van der Waals surface area (Å²) >= 11 is 0. The van der Waals surface area contributed by atoms with Crippen molar-refractivity contribution in [3.8, 4) is 0 Å². The molecule has 0 bridgehead atoms. The lowest BCUT2D eigenvalue weighted by molar-refractivity contribution is -0.122. The summed E-state index contributed by atoms with van der Waals surface area (Å²) in [4.78, 5) is 11.6. The Hall–Kier alpha value is -1.26. The van der Waals surface area contributed by atoms with Gasteiger partial charge in [0.05, 0.1) is 0 Å². The Labute approximate surface area is 96.1 Å². The average molecular weight is 227 g/mol. The fourth-order valence-electron chi connectivity index (χ4n) is 2.22. The molecule has 0 aromatic heterocycles. The first-order valence-corrected chi connectivity index (χ1v) is 5.87. The molecule has 1 aliphatic rings. The first kappa shape index (κ1) is 12.8. The SMILES string of the molecule is CC(CC(N)=NO)NC(=O)CC1CCCC1. The minimum atomic E-state index is -0.0789. The number of carbonyl (C=O) groups is 1. The number of nitrogens with zero attached hydrogens (tertiary/aromatic N) is 1. The number of amidine groups is 1. The molecular formula is C11H21N3O2. The third-order valence-corrected chi connectivity index (χ3v) is 3.00.